The lowest BCUT2D eigenvalue weighted by Crippen LogP contribution is -2.13. The van der Waals surface area contributed by atoms with E-state index in [0.717, 1.165) is 15.6 Å². The highest BCUT2D eigenvalue weighted by molar-refractivity contribution is 9.10. The van der Waals surface area contributed by atoms with E-state index in [-0.39, 0.29) is 6.61 Å². The highest BCUT2D eigenvalue weighted by Crippen LogP contribution is 2.27. The molecule has 0 saturated heterocycles. The topological polar surface area (TPSA) is 9.23 Å². The monoisotopic (exact) mass is 296 g/mol. The van der Waals surface area contributed by atoms with Gasteiger partial charge in [0.2, 0.25) is 0 Å². The molecule has 0 aliphatic carbocycles. The maximum atomic E-state index is 11.9. The first-order chi connectivity index (χ1) is 7.29. The molecule has 0 radical (unpaired) electrons. The largest absolute Gasteiger partial charge is 0.493 e. The van der Waals surface area contributed by atoms with Crippen molar-refractivity contribution in [3.8, 4) is 5.75 Å². The summed E-state index contributed by atoms with van der Waals surface area (Å²) >= 11 is 3.38. The van der Waals surface area contributed by atoms with Crippen LogP contribution in [0.25, 0.3) is 0 Å². The van der Waals surface area contributed by atoms with Crippen molar-refractivity contribution in [3.63, 3.8) is 0 Å². The van der Waals surface area contributed by atoms with Gasteiger partial charge in [-0.2, -0.15) is 13.2 Å². The van der Waals surface area contributed by atoms with E-state index in [9.17, 15) is 13.2 Å². The van der Waals surface area contributed by atoms with Crippen molar-refractivity contribution >= 4 is 15.9 Å². The van der Waals surface area contributed by atoms with E-state index in [2.05, 4.69) is 15.9 Å². The maximum absolute atomic E-state index is 11.9. The predicted molar refractivity (Wildman–Crippen MR) is 59.8 cm³/mol. The molecule has 0 amide bonds. The van der Waals surface area contributed by atoms with Crippen LogP contribution in [0.1, 0.15) is 17.5 Å². The SMILES string of the molecule is Cc1cc(OCCC(F)(F)F)cc(C)c1Br. The van der Waals surface area contributed by atoms with Crippen LogP contribution >= 0.6 is 15.9 Å². The van der Waals surface area contributed by atoms with Crippen LogP contribution in [0, 0.1) is 13.8 Å². The molecule has 1 rings (SSSR count). The summed E-state index contributed by atoms with van der Waals surface area (Å²) in [5.74, 6) is 0.474. The maximum Gasteiger partial charge on any atom is 0.392 e. The van der Waals surface area contributed by atoms with Gasteiger partial charge in [0.1, 0.15) is 5.75 Å². The third-order valence-electron chi connectivity index (χ3n) is 2.06. The molecule has 0 fully saturated rings. The van der Waals surface area contributed by atoms with Gasteiger partial charge < -0.3 is 4.74 Å². The molecule has 5 heteroatoms. The minimum Gasteiger partial charge on any atom is -0.493 e. The van der Waals surface area contributed by atoms with Crippen molar-refractivity contribution in [2.45, 2.75) is 26.4 Å². The Bertz CT molecular complexity index is 351. The van der Waals surface area contributed by atoms with Gasteiger partial charge in [-0.15, -0.1) is 0 Å². The van der Waals surface area contributed by atoms with E-state index in [1.54, 1.807) is 12.1 Å². The molecule has 0 bridgehead atoms. The number of halogens is 4. The van der Waals surface area contributed by atoms with Crippen molar-refractivity contribution in [2.24, 2.45) is 0 Å². The van der Waals surface area contributed by atoms with Crippen LogP contribution < -0.4 is 4.74 Å². The molecule has 0 aliphatic heterocycles. The summed E-state index contributed by atoms with van der Waals surface area (Å²) in [6, 6.07) is 3.43. The van der Waals surface area contributed by atoms with Gasteiger partial charge in [-0.1, -0.05) is 15.9 Å². The van der Waals surface area contributed by atoms with Gasteiger partial charge in [0, 0.05) is 4.47 Å². The Balaban J connectivity index is 2.62. The second kappa shape index (κ2) is 5.08. The van der Waals surface area contributed by atoms with Crippen molar-refractivity contribution in [2.75, 3.05) is 6.61 Å². The van der Waals surface area contributed by atoms with Crippen molar-refractivity contribution in [1.29, 1.82) is 0 Å². The van der Waals surface area contributed by atoms with Gasteiger partial charge in [0.25, 0.3) is 0 Å². The van der Waals surface area contributed by atoms with Crippen molar-refractivity contribution in [3.05, 3.63) is 27.7 Å². The van der Waals surface area contributed by atoms with Crippen LogP contribution in [0.5, 0.6) is 5.75 Å². The van der Waals surface area contributed by atoms with Gasteiger partial charge in [0.15, 0.2) is 0 Å². The van der Waals surface area contributed by atoms with Gasteiger partial charge in [-0.05, 0) is 37.1 Å². The van der Waals surface area contributed by atoms with Crippen molar-refractivity contribution in [1.82, 2.24) is 0 Å². The molecular weight excluding hydrogens is 285 g/mol. The third-order valence-corrected chi connectivity index (χ3v) is 3.32. The first-order valence-corrected chi connectivity index (χ1v) is 5.55. The molecule has 1 aromatic carbocycles. The molecule has 0 heterocycles. The van der Waals surface area contributed by atoms with E-state index in [1.807, 2.05) is 13.8 Å². The smallest absolute Gasteiger partial charge is 0.392 e. The minimum atomic E-state index is -4.17. The van der Waals surface area contributed by atoms with Gasteiger partial charge in [-0.25, -0.2) is 0 Å². The number of hydrogen-bond acceptors (Lipinski definition) is 1. The lowest BCUT2D eigenvalue weighted by Gasteiger charge is -2.11. The van der Waals surface area contributed by atoms with Gasteiger partial charge in [-0.3, -0.25) is 0 Å². The van der Waals surface area contributed by atoms with E-state index in [1.165, 1.54) is 0 Å². The summed E-state index contributed by atoms with van der Waals surface area (Å²) in [7, 11) is 0. The first-order valence-electron chi connectivity index (χ1n) is 4.76. The van der Waals surface area contributed by atoms with Crippen LogP contribution in [0.3, 0.4) is 0 Å². The summed E-state index contributed by atoms with van der Waals surface area (Å²) in [5.41, 5.74) is 1.89. The van der Waals surface area contributed by atoms with Gasteiger partial charge >= 0.3 is 6.18 Å². The Morgan fingerprint density at radius 3 is 2.12 bits per heavy atom. The van der Waals surface area contributed by atoms with E-state index in [0.29, 0.717) is 5.75 Å². The van der Waals surface area contributed by atoms with Crippen LogP contribution in [-0.4, -0.2) is 12.8 Å². The molecule has 1 nitrogen and oxygen atoms in total. The number of ether oxygens (including phenoxy) is 1. The molecule has 1 aromatic rings. The summed E-state index contributed by atoms with van der Waals surface area (Å²) in [6.07, 6.45) is -5.10. The molecule has 90 valence electrons. The Kier molecular flexibility index (Phi) is 4.24. The fourth-order valence-corrected chi connectivity index (χ4v) is 1.50. The fourth-order valence-electron chi connectivity index (χ4n) is 1.27. The van der Waals surface area contributed by atoms with E-state index in [4.69, 9.17) is 4.74 Å². The lowest BCUT2D eigenvalue weighted by atomic mass is 10.1. The number of alkyl halides is 3. The normalized spacial score (nSPS) is 11.6. The second-order valence-corrected chi connectivity index (χ2v) is 4.38. The Labute approximate surface area is 101 Å². The average Bonchev–Trinajstić information content (AvgIpc) is 2.12. The zero-order valence-corrected chi connectivity index (χ0v) is 10.6. The zero-order chi connectivity index (χ0) is 12.3. The molecule has 0 saturated carbocycles. The Hall–Kier alpha value is -0.710. The number of hydrogen-bond donors (Lipinski definition) is 0. The molecule has 0 atom stereocenters. The molecule has 0 aliphatic rings. The Morgan fingerprint density at radius 1 is 1.19 bits per heavy atom. The van der Waals surface area contributed by atoms with E-state index < -0.39 is 12.6 Å². The summed E-state index contributed by atoms with van der Waals surface area (Å²) in [4.78, 5) is 0. The quantitative estimate of drug-likeness (QED) is 0.803. The number of rotatable bonds is 3. The Morgan fingerprint density at radius 2 is 1.69 bits per heavy atom. The van der Waals surface area contributed by atoms with Crippen LogP contribution in [0.4, 0.5) is 13.2 Å². The highest BCUT2D eigenvalue weighted by atomic mass is 79.9. The zero-order valence-electron chi connectivity index (χ0n) is 8.99. The van der Waals surface area contributed by atoms with Crippen LogP contribution in [-0.2, 0) is 0 Å². The first kappa shape index (κ1) is 13.4. The minimum absolute atomic E-state index is 0.343. The molecule has 16 heavy (non-hydrogen) atoms. The fraction of sp³-hybridized carbons (Fsp3) is 0.455. The molecular formula is C11H12BrF3O. The number of aryl methyl sites for hydroxylation is 2. The van der Waals surface area contributed by atoms with Gasteiger partial charge in [0.05, 0.1) is 13.0 Å². The standard InChI is InChI=1S/C11H12BrF3O/c1-7-5-9(6-8(2)10(7)12)16-4-3-11(13,14)15/h5-6H,3-4H2,1-2H3. The summed E-state index contributed by atoms with van der Waals surface area (Å²) in [6.45, 7) is 3.39. The van der Waals surface area contributed by atoms with E-state index >= 15 is 0 Å². The third kappa shape index (κ3) is 4.04. The van der Waals surface area contributed by atoms with Crippen LogP contribution in [0.2, 0.25) is 0 Å². The van der Waals surface area contributed by atoms with Crippen molar-refractivity contribution < 1.29 is 17.9 Å². The average molecular weight is 297 g/mol. The molecule has 0 spiro atoms. The highest BCUT2D eigenvalue weighted by Gasteiger charge is 2.26. The second-order valence-electron chi connectivity index (χ2n) is 3.58. The predicted octanol–water partition coefficient (Wildman–Crippen LogP) is 4.40. The molecule has 0 aromatic heterocycles. The molecule has 0 unspecified atom stereocenters. The summed E-state index contributed by atoms with van der Waals surface area (Å²) in [5, 5.41) is 0. The number of benzene rings is 1. The summed E-state index contributed by atoms with van der Waals surface area (Å²) < 4.78 is 41.7. The molecule has 0 N–H and O–H groups in total. The van der Waals surface area contributed by atoms with Crippen LogP contribution in [0.15, 0.2) is 16.6 Å². The lowest BCUT2D eigenvalue weighted by molar-refractivity contribution is -0.139.